The van der Waals surface area contributed by atoms with Gasteiger partial charge in [-0.25, -0.2) is 8.42 Å². The molecule has 2 aliphatic rings. The van der Waals surface area contributed by atoms with Crippen molar-refractivity contribution in [2.24, 2.45) is 23.5 Å². The molecule has 1 saturated carbocycles. The fourth-order valence-corrected chi connectivity index (χ4v) is 4.18. The van der Waals surface area contributed by atoms with Gasteiger partial charge >= 0.3 is 0 Å². The van der Waals surface area contributed by atoms with Gasteiger partial charge in [0.05, 0.1) is 18.1 Å². The number of nitrogens with two attached hydrogens (primary N) is 1. The van der Waals surface area contributed by atoms with E-state index >= 15 is 0 Å². The summed E-state index contributed by atoms with van der Waals surface area (Å²) in [6.07, 6.45) is 3.33. The van der Waals surface area contributed by atoms with Crippen molar-refractivity contribution in [3.05, 3.63) is 0 Å². The number of hydrogen-bond acceptors (Lipinski definition) is 4. The van der Waals surface area contributed by atoms with Crippen LogP contribution < -0.4 is 5.73 Å². The predicted octanol–water partition coefficient (Wildman–Crippen LogP) is 0.423. The first-order valence-electron chi connectivity index (χ1n) is 6.09. The summed E-state index contributed by atoms with van der Waals surface area (Å²) in [5, 5.41) is 0. The topological polar surface area (TPSA) is 69.4 Å². The molecule has 1 aliphatic carbocycles. The summed E-state index contributed by atoms with van der Waals surface area (Å²) in [5.74, 6) is 1.83. The third-order valence-electron chi connectivity index (χ3n) is 3.62. The van der Waals surface area contributed by atoms with Gasteiger partial charge in [0.2, 0.25) is 0 Å². The van der Waals surface area contributed by atoms with Gasteiger partial charge in [0.15, 0.2) is 9.84 Å². The monoisotopic (exact) mass is 247 g/mol. The van der Waals surface area contributed by atoms with E-state index < -0.39 is 9.84 Å². The second kappa shape index (κ2) is 5.02. The molecule has 2 unspecified atom stereocenters. The van der Waals surface area contributed by atoms with Crippen LogP contribution in [0.4, 0.5) is 0 Å². The quantitative estimate of drug-likeness (QED) is 0.738. The van der Waals surface area contributed by atoms with E-state index in [2.05, 4.69) is 0 Å². The van der Waals surface area contributed by atoms with Crippen LogP contribution in [0.2, 0.25) is 0 Å². The Labute approximate surface area is 97.5 Å². The molecule has 2 rings (SSSR count). The van der Waals surface area contributed by atoms with Crippen LogP contribution in [0.5, 0.6) is 0 Å². The minimum atomic E-state index is -2.79. The SMILES string of the molecule is NCC(COCC1CC1)C1CCS(=O)(=O)C1. The summed E-state index contributed by atoms with van der Waals surface area (Å²) < 4.78 is 28.4. The zero-order valence-electron chi connectivity index (χ0n) is 9.60. The summed E-state index contributed by atoms with van der Waals surface area (Å²) in [4.78, 5) is 0. The Hall–Kier alpha value is -0.130. The molecule has 4 nitrogen and oxygen atoms in total. The Morgan fingerprint density at radius 2 is 2.06 bits per heavy atom. The van der Waals surface area contributed by atoms with Crippen LogP contribution in [0.25, 0.3) is 0 Å². The van der Waals surface area contributed by atoms with Gasteiger partial charge in [-0.05, 0) is 43.6 Å². The Balaban J connectivity index is 1.75. The zero-order chi connectivity index (χ0) is 11.6. The Morgan fingerprint density at radius 3 is 2.56 bits per heavy atom. The second-order valence-corrected chi connectivity index (χ2v) is 7.37. The highest BCUT2D eigenvalue weighted by molar-refractivity contribution is 7.91. The van der Waals surface area contributed by atoms with E-state index in [0.29, 0.717) is 24.7 Å². The van der Waals surface area contributed by atoms with E-state index in [1.165, 1.54) is 12.8 Å². The van der Waals surface area contributed by atoms with Crippen molar-refractivity contribution in [2.45, 2.75) is 19.3 Å². The first-order valence-corrected chi connectivity index (χ1v) is 7.91. The highest BCUT2D eigenvalue weighted by atomic mass is 32.2. The molecule has 0 amide bonds. The number of rotatable bonds is 6. The van der Waals surface area contributed by atoms with Gasteiger partial charge in [-0.15, -0.1) is 0 Å². The maximum atomic E-state index is 11.4. The van der Waals surface area contributed by atoms with Gasteiger partial charge in [-0.2, -0.15) is 0 Å². The Kier molecular flexibility index (Phi) is 3.87. The molecule has 94 valence electrons. The van der Waals surface area contributed by atoms with E-state index in [0.717, 1.165) is 18.9 Å². The lowest BCUT2D eigenvalue weighted by atomic mass is 9.93. The minimum absolute atomic E-state index is 0.217. The Morgan fingerprint density at radius 1 is 1.31 bits per heavy atom. The maximum absolute atomic E-state index is 11.4. The second-order valence-electron chi connectivity index (χ2n) is 5.14. The smallest absolute Gasteiger partial charge is 0.150 e. The molecule has 1 aliphatic heterocycles. The lowest BCUT2D eigenvalue weighted by Crippen LogP contribution is -2.29. The molecule has 2 N–H and O–H groups in total. The molecule has 1 heterocycles. The lowest BCUT2D eigenvalue weighted by molar-refractivity contribution is 0.0769. The van der Waals surface area contributed by atoms with Crippen molar-refractivity contribution in [2.75, 3.05) is 31.3 Å². The van der Waals surface area contributed by atoms with Gasteiger partial charge < -0.3 is 10.5 Å². The molecule has 0 aromatic heterocycles. The van der Waals surface area contributed by atoms with E-state index in [1.807, 2.05) is 0 Å². The average Bonchev–Trinajstić information content (AvgIpc) is 2.98. The van der Waals surface area contributed by atoms with E-state index in [-0.39, 0.29) is 11.8 Å². The third-order valence-corrected chi connectivity index (χ3v) is 5.41. The first kappa shape index (κ1) is 12.3. The molecule has 5 heteroatoms. The van der Waals surface area contributed by atoms with Crippen molar-refractivity contribution in [1.82, 2.24) is 0 Å². The summed E-state index contributed by atoms with van der Waals surface area (Å²) in [7, 11) is -2.79. The van der Waals surface area contributed by atoms with Gasteiger partial charge in [-0.1, -0.05) is 0 Å². The van der Waals surface area contributed by atoms with E-state index in [9.17, 15) is 8.42 Å². The Bertz CT molecular complexity index is 324. The highest BCUT2D eigenvalue weighted by Gasteiger charge is 2.33. The van der Waals surface area contributed by atoms with Crippen molar-refractivity contribution in [3.63, 3.8) is 0 Å². The molecular formula is C11H21NO3S. The van der Waals surface area contributed by atoms with E-state index in [1.54, 1.807) is 0 Å². The van der Waals surface area contributed by atoms with Crippen LogP contribution in [0.15, 0.2) is 0 Å². The van der Waals surface area contributed by atoms with Gasteiger partial charge in [0, 0.05) is 6.61 Å². The first-order chi connectivity index (χ1) is 7.61. The minimum Gasteiger partial charge on any atom is -0.381 e. The molecule has 0 spiro atoms. The fourth-order valence-electron chi connectivity index (χ4n) is 2.26. The molecule has 0 bridgehead atoms. The summed E-state index contributed by atoms with van der Waals surface area (Å²) in [6.45, 7) is 1.99. The van der Waals surface area contributed by atoms with Crippen molar-refractivity contribution in [3.8, 4) is 0 Å². The normalized spacial score (nSPS) is 30.4. The summed E-state index contributed by atoms with van der Waals surface area (Å²) in [6, 6.07) is 0. The van der Waals surface area contributed by atoms with Crippen LogP contribution in [0.1, 0.15) is 19.3 Å². The molecule has 2 fully saturated rings. The van der Waals surface area contributed by atoms with Crippen molar-refractivity contribution < 1.29 is 13.2 Å². The fraction of sp³-hybridized carbons (Fsp3) is 1.00. The van der Waals surface area contributed by atoms with Crippen molar-refractivity contribution in [1.29, 1.82) is 0 Å². The van der Waals surface area contributed by atoms with Crippen molar-refractivity contribution >= 4 is 9.84 Å². The third kappa shape index (κ3) is 3.43. The lowest BCUT2D eigenvalue weighted by Gasteiger charge is -2.20. The van der Waals surface area contributed by atoms with Crippen LogP contribution in [-0.4, -0.2) is 39.7 Å². The standard InChI is InChI=1S/C11H21NO3S/c12-5-11(7-15-6-9-1-2-9)10-3-4-16(13,14)8-10/h9-11H,1-8,12H2. The zero-order valence-corrected chi connectivity index (χ0v) is 10.4. The maximum Gasteiger partial charge on any atom is 0.150 e. The van der Waals surface area contributed by atoms with Crippen LogP contribution in [0, 0.1) is 17.8 Å². The summed E-state index contributed by atoms with van der Waals surface area (Å²) in [5.41, 5.74) is 5.70. The molecular weight excluding hydrogens is 226 g/mol. The average molecular weight is 247 g/mol. The molecule has 1 saturated heterocycles. The van der Waals surface area contributed by atoms with Gasteiger partial charge in [0.25, 0.3) is 0 Å². The molecule has 16 heavy (non-hydrogen) atoms. The summed E-state index contributed by atoms with van der Waals surface area (Å²) >= 11 is 0. The number of hydrogen-bond donors (Lipinski definition) is 1. The van der Waals surface area contributed by atoms with Crippen LogP contribution in [-0.2, 0) is 14.6 Å². The largest absolute Gasteiger partial charge is 0.381 e. The molecule has 2 atom stereocenters. The van der Waals surface area contributed by atoms with Gasteiger partial charge in [-0.3, -0.25) is 0 Å². The highest BCUT2D eigenvalue weighted by Crippen LogP contribution is 2.30. The van der Waals surface area contributed by atoms with E-state index in [4.69, 9.17) is 10.5 Å². The predicted molar refractivity (Wildman–Crippen MR) is 62.8 cm³/mol. The number of sulfone groups is 1. The number of ether oxygens (including phenoxy) is 1. The molecule has 0 aromatic rings. The molecule has 0 aromatic carbocycles. The van der Waals surface area contributed by atoms with Crippen LogP contribution in [0.3, 0.4) is 0 Å². The molecule has 0 radical (unpaired) electrons. The van der Waals surface area contributed by atoms with Crippen LogP contribution >= 0.6 is 0 Å². The van der Waals surface area contributed by atoms with Gasteiger partial charge in [0.1, 0.15) is 0 Å².